The lowest BCUT2D eigenvalue weighted by molar-refractivity contribution is -0.115. The number of piperazine rings is 1. The third-order valence-electron chi connectivity index (χ3n) is 4.29. The van der Waals surface area contributed by atoms with Gasteiger partial charge in [0.2, 0.25) is 5.91 Å². The van der Waals surface area contributed by atoms with E-state index in [1.165, 1.54) is 18.2 Å². The number of carbonyl (C=O) groups is 2. The van der Waals surface area contributed by atoms with Crippen molar-refractivity contribution in [3.63, 3.8) is 0 Å². The number of halogens is 2. The van der Waals surface area contributed by atoms with Crippen molar-refractivity contribution in [3.8, 4) is 0 Å². The van der Waals surface area contributed by atoms with Gasteiger partial charge in [-0.1, -0.05) is 29.8 Å². The second kappa shape index (κ2) is 8.73. The van der Waals surface area contributed by atoms with Crippen LogP contribution >= 0.6 is 11.6 Å². The molecule has 142 valence electrons. The van der Waals surface area contributed by atoms with Gasteiger partial charge in [0.05, 0.1) is 11.6 Å². The fourth-order valence-corrected chi connectivity index (χ4v) is 3.03. The number of benzene rings is 2. The molecule has 2 aromatic carbocycles. The van der Waals surface area contributed by atoms with E-state index < -0.39 is 11.7 Å². The molecule has 1 aliphatic heterocycles. The Morgan fingerprint density at radius 2 is 1.74 bits per heavy atom. The van der Waals surface area contributed by atoms with Crippen LogP contribution in [0.5, 0.6) is 0 Å². The Morgan fingerprint density at radius 1 is 1.04 bits per heavy atom. The minimum Gasteiger partial charge on any atom is -0.368 e. The maximum Gasteiger partial charge on any atom is 0.317 e. The van der Waals surface area contributed by atoms with E-state index in [2.05, 4.69) is 15.5 Å². The molecule has 3 amide bonds. The second-order valence-electron chi connectivity index (χ2n) is 6.15. The lowest BCUT2D eigenvalue weighted by Crippen LogP contribution is -2.52. The fraction of sp³-hybridized carbons (Fsp3) is 0.263. The molecule has 0 saturated carbocycles. The van der Waals surface area contributed by atoms with Gasteiger partial charge in [-0.2, -0.15) is 0 Å². The molecular formula is C19H20ClFN4O2. The molecule has 0 spiro atoms. The Morgan fingerprint density at radius 3 is 2.41 bits per heavy atom. The first-order chi connectivity index (χ1) is 13.0. The quantitative estimate of drug-likeness (QED) is 0.843. The van der Waals surface area contributed by atoms with Gasteiger partial charge in [0.1, 0.15) is 5.82 Å². The molecule has 27 heavy (non-hydrogen) atoms. The standard InChI is InChI=1S/C19H20ClFN4O2/c20-16-12-14(6-7-17(16)21)23-18(26)13-22-19(27)25-10-8-24(9-11-25)15-4-2-1-3-5-15/h1-7,12H,8-11,13H2,(H,22,27)(H,23,26). The van der Waals surface area contributed by atoms with Crippen LogP contribution in [0.1, 0.15) is 0 Å². The van der Waals surface area contributed by atoms with Crippen LogP contribution in [0.3, 0.4) is 0 Å². The minimum absolute atomic E-state index is 0.0758. The lowest BCUT2D eigenvalue weighted by atomic mass is 10.2. The first-order valence-corrected chi connectivity index (χ1v) is 8.98. The first kappa shape index (κ1) is 19.0. The molecule has 6 nitrogen and oxygen atoms in total. The van der Waals surface area contributed by atoms with E-state index in [4.69, 9.17) is 11.6 Å². The summed E-state index contributed by atoms with van der Waals surface area (Å²) in [5, 5.41) is 5.09. The number of nitrogens with one attached hydrogen (secondary N) is 2. The summed E-state index contributed by atoms with van der Waals surface area (Å²) >= 11 is 5.68. The van der Waals surface area contributed by atoms with Crippen molar-refractivity contribution in [2.24, 2.45) is 0 Å². The lowest BCUT2D eigenvalue weighted by Gasteiger charge is -2.36. The van der Waals surface area contributed by atoms with Crippen molar-refractivity contribution in [1.29, 1.82) is 0 Å². The highest BCUT2D eigenvalue weighted by molar-refractivity contribution is 6.31. The maximum atomic E-state index is 13.1. The molecule has 1 aliphatic rings. The molecule has 3 rings (SSSR count). The van der Waals surface area contributed by atoms with E-state index >= 15 is 0 Å². The van der Waals surface area contributed by atoms with Gasteiger partial charge in [0.25, 0.3) is 0 Å². The molecule has 0 atom stereocenters. The second-order valence-corrected chi connectivity index (χ2v) is 6.55. The van der Waals surface area contributed by atoms with E-state index in [-0.39, 0.29) is 17.6 Å². The van der Waals surface area contributed by atoms with Crippen LogP contribution < -0.4 is 15.5 Å². The van der Waals surface area contributed by atoms with Crippen LogP contribution in [0.2, 0.25) is 5.02 Å². The van der Waals surface area contributed by atoms with Gasteiger partial charge in [-0.3, -0.25) is 4.79 Å². The zero-order valence-corrected chi connectivity index (χ0v) is 15.4. The highest BCUT2D eigenvalue weighted by atomic mass is 35.5. The van der Waals surface area contributed by atoms with Gasteiger partial charge < -0.3 is 20.4 Å². The number of hydrogen-bond acceptors (Lipinski definition) is 3. The molecule has 0 aliphatic carbocycles. The van der Waals surface area contributed by atoms with Crippen molar-refractivity contribution in [2.75, 3.05) is 42.9 Å². The normalized spacial score (nSPS) is 14.0. The van der Waals surface area contributed by atoms with Crippen molar-refractivity contribution in [3.05, 3.63) is 59.4 Å². The first-order valence-electron chi connectivity index (χ1n) is 8.60. The fourth-order valence-electron chi connectivity index (χ4n) is 2.85. The number of rotatable bonds is 4. The van der Waals surface area contributed by atoms with Crippen molar-refractivity contribution < 1.29 is 14.0 Å². The van der Waals surface area contributed by atoms with Crippen LogP contribution in [0.4, 0.5) is 20.6 Å². The summed E-state index contributed by atoms with van der Waals surface area (Å²) in [6, 6.07) is 13.6. The van der Waals surface area contributed by atoms with Crippen molar-refractivity contribution >= 4 is 34.9 Å². The maximum absolute atomic E-state index is 13.1. The summed E-state index contributed by atoms with van der Waals surface area (Å²) in [6.07, 6.45) is 0. The van der Waals surface area contributed by atoms with E-state index in [1.807, 2.05) is 30.3 Å². The Bertz CT molecular complexity index is 811. The van der Waals surface area contributed by atoms with Gasteiger partial charge in [-0.05, 0) is 30.3 Å². The van der Waals surface area contributed by atoms with E-state index in [0.717, 1.165) is 18.8 Å². The van der Waals surface area contributed by atoms with Crippen LogP contribution in [0, 0.1) is 5.82 Å². The average molecular weight is 391 g/mol. The number of carbonyl (C=O) groups excluding carboxylic acids is 2. The Kier molecular flexibility index (Phi) is 6.13. The summed E-state index contributed by atoms with van der Waals surface area (Å²) in [4.78, 5) is 28.1. The number of urea groups is 1. The number of para-hydroxylation sites is 1. The van der Waals surface area contributed by atoms with Crippen LogP contribution in [-0.4, -0.2) is 49.6 Å². The number of nitrogens with zero attached hydrogens (tertiary/aromatic N) is 2. The van der Waals surface area contributed by atoms with Gasteiger partial charge in [-0.25, -0.2) is 9.18 Å². The highest BCUT2D eigenvalue weighted by Crippen LogP contribution is 2.19. The molecule has 0 aromatic heterocycles. The smallest absolute Gasteiger partial charge is 0.317 e. The summed E-state index contributed by atoms with van der Waals surface area (Å²) in [6.45, 7) is 2.45. The number of anilines is 2. The Labute approximate surface area is 161 Å². The number of amides is 3. The monoisotopic (exact) mass is 390 g/mol. The Balaban J connectivity index is 1.43. The van der Waals surface area contributed by atoms with Crippen molar-refractivity contribution in [1.82, 2.24) is 10.2 Å². The summed E-state index contributed by atoms with van der Waals surface area (Å²) < 4.78 is 13.1. The third-order valence-corrected chi connectivity index (χ3v) is 4.58. The minimum atomic E-state index is -0.558. The van der Waals surface area contributed by atoms with Gasteiger partial charge in [0.15, 0.2) is 0 Å². The number of hydrogen-bond donors (Lipinski definition) is 2. The molecule has 0 bridgehead atoms. The highest BCUT2D eigenvalue weighted by Gasteiger charge is 2.21. The summed E-state index contributed by atoms with van der Waals surface area (Å²) in [5.41, 5.74) is 1.51. The molecule has 2 N–H and O–H groups in total. The topological polar surface area (TPSA) is 64.7 Å². The van der Waals surface area contributed by atoms with E-state index in [9.17, 15) is 14.0 Å². The molecule has 0 radical (unpaired) electrons. The Hall–Kier alpha value is -2.80. The van der Waals surface area contributed by atoms with Gasteiger partial charge in [0, 0.05) is 37.6 Å². The van der Waals surface area contributed by atoms with Gasteiger partial charge in [-0.15, -0.1) is 0 Å². The zero-order chi connectivity index (χ0) is 19.2. The average Bonchev–Trinajstić information content (AvgIpc) is 2.70. The SMILES string of the molecule is O=C(CNC(=O)N1CCN(c2ccccc2)CC1)Nc1ccc(F)c(Cl)c1. The molecular weight excluding hydrogens is 371 g/mol. The molecule has 2 aromatic rings. The zero-order valence-electron chi connectivity index (χ0n) is 14.6. The largest absolute Gasteiger partial charge is 0.368 e. The molecule has 1 heterocycles. The predicted molar refractivity (Wildman–Crippen MR) is 104 cm³/mol. The third kappa shape index (κ3) is 5.10. The predicted octanol–water partition coefficient (Wildman–Crippen LogP) is 2.95. The van der Waals surface area contributed by atoms with E-state index in [0.29, 0.717) is 18.8 Å². The van der Waals surface area contributed by atoms with Crippen molar-refractivity contribution in [2.45, 2.75) is 0 Å². The van der Waals surface area contributed by atoms with E-state index in [1.54, 1.807) is 4.90 Å². The van der Waals surface area contributed by atoms with Crippen LogP contribution in [-0.2, 0) is 4.79 Å². The summed E-state index contributed by atoms with van der Waals surface area (Å²) in [5.74, 6) is -0.966. The summed E-state index contributed by atoms with van der Waals surface area (Å²) in [7, 11) is 0. The van der Waals surface area contributed by atoms with Crippen LogP contribution in [0.15, 0.2) is 48.5 Å². The van der Waals surface area contributed by atoms with Crippen LogP contribution in [0.25, 0.3) is 0 Å². The molecule has 1 saturated heterocycles. The molecule has 8 heteroatoms. The molecule has 1 fully saturated rings. The van der Waals surface area contributed by atoms with Gasteiger partial charge >= 0.3 is 6.03 Å². The molecule has 0 unspecified atom stereocenters.